The van der Waals surface area contributed by atoms with E-state index in [9.17, 15) is 5.11 Å². The molecule has 88 valence electrons. The Morgan fingerprint density at radius 3 is 2.81 bits per heavy atom. The predicted octanol–water partition coefficient (Wildman–Crippen LogP) is 1.81. The fourth-order valence-corrected chi connectivity index (χ4v) is 2.26. The average Bonchev–Trinajstić information content (AvgIpc) is 2.30. The van der Waals surface area contributed by atoms with Crippen LogP contribution in [0, 0.1) is 0 Å². The summed E-state index contributed by atoms with van der Waals surface area (Å²) in [5.41, 5.74) is 0.959. The topological polar surface area (TPSA) is 32.7 Å². The molecule has 0 bridgehead atoms. The van der Waals surface area contributed by atoms with Crippen molar-refractivity contribution < 1.29 is 9.84 Å². The standard InChI is InChI=1S/C12H16BrNO2/c13-11-3-1-2-10(8-11)12(15)9-14-4-6-16-7-5-14/h1-3,8,12,15H,4-7,9H2/t12-/m1/s1. The zero-order chi connectivity index (χ0) is 11.4. The van der Waals surface area contributed by atoms with Crippen molar-refractivity contribution in [3.8, 4) is 0 Å². The van der Waals surface area contributed by atoms with Crippen LogP contribution in [0.3, 0.4) is 0 Å². The highest BCUT2D eigenvalue weighted by molar-refractivity contribution is 9.10. The molecule has 1 aromatic rings. The third-order valence-electron chi connectivity index (χ3n) is 2.77. The first-order valence-electron chi connectivity index (χ1n) is 5.49. The molecule has 1 heterocycles. The largest absolute Gasteiger partial charge is 0.387 e. The fourth-order valence-electron chi connectivity index (χ4n) is 1.85. The highest BCUT2D eigenvalue weighted by Crippen LogP contribution is 2.19. The molecular weight excluding hydrogens is 270 g/mol. The lowest BCUT2D eigenvalue weighted by molar-refractivity contribution is 0.0143. The molecule has 1 N–H and O–H groups in total. The molecule has 1 aliphatic rings. The van der Waals surface area contributed by atoms with Crippen molar-refractivity contribution in [2.24, 2.45) is 0 Å². The van der Waals surface area contributed by atoms with Crippen molar-refractivity contribution in [2.75, 3.05) is 32.8 Å². The second kappa shape index (κ2) is 5.77. The van der Waals surface area contributed by atoms with Gasteiger partial charge >= 0.3 is 0 Å². The van der Waals surface area contributed by atoms with E-state index in [1.165, 1.54) is 0 Å². The molecule has 0 radical (unpaired) electrons. The lowest BCUT2D eigenvalue weighted by Crippen LogP contribution is -2.38. The smallest absolute Gasteiger partial charge is 0.0917 e. The van der Waals surface area contributed by atoms with Gasteiger partial charge in [0, 0.05) is 24.1 Å². The van der Waals surface area contributed by atoms with Gasteiger partial charge in [0.15, 0.2) is 0 Å². The van der Waals surface area contributed by atoms with Gasteiger partial charge in [0.1, 0.15) is 0 Å². The Kier molecular flexibility index (Phi) is 4.35. The van der Waals surface area contributed by atoms with Crippen LogP contribution in [-0.4, -0.2) is 42.9 Å². The van der Waals surface area contributed by atoms with Gasteiger partial charge < -0.3 is 9.84 Å². The molecule has 1 fully saturated rings. The first kappa shape index (κ1) is 12.0. The SMILES string of the molecule is O[C@H](CN1CCOCC1)c1cccc(Br)c1. The van der Waals surface area contributed by atoms with Gasteiger partial charge in [-0.2, -0.15) is 0 Å². The quantitative estimate of drug-likeness (QED) is 0.920. The normalized spacial score (nSPS) is 19.6. The monoisotopic (exact) mass is 285 g/mol. The van der Waals surface area contributed by atoms with E-state index in [-0.39, 0.29) is 0 Å². The zero-order valence-corrected chi connectivity index (χ0v) is 10.7. The van der Waals surface area contributed by atoms with Gasteiger partial charge in [-0.1, -0.05) is 28.1 Å². The maximum atomic E-state index is 10.1. The van der Waals surface area contributed by atoms with E-state index in [0.29, 0.717) is 6.54 Å². The van der Waals surface area contributed by atoms with Gasteiger partial charge in [0.2, 0.25) is 0 Å². The molecule has 4 heteroatoms. The molecule has 3 nitrogen and oxygen atoms in total. The Labute approximate surface area is 104 Å². The number of morpholine rings is 1. The van der Waals surface area contributed by atoms with Crippen LogP contribution in [0.25, 0.3) is 0 Å². The van der Waals surface area contributed by atoms with Crippen LogP contribution >= 0.6 is 15.9 Å². The fraction of sp³-hybridized carbons (Fsp3) is 0.500. The van der Waals surface area contributed by atoms with E-state index in [1.807, 2.05) is 24.3 Å². The molecule has 1 aliphatic heterocycles. The molecule has 0 saturated carbocycles. The summed E-state index contributed by atoms with van der Waals surface area (Å²) in [7, 11) is 0. The van der Waals surface area contributed by atoms with Gasteiger partial charge in [-0.25, -0.2) is 0 Å². The lowest BCUT2D eigenvalue weighted by Gasteiger charge is -2.28. The molecule has 2 rings (SSSR count). The Morgan fingerprint density at radius 2 is 2.12 bits per heavy atom. The third-order valence-corrected chi connectivity index (χ3v) is 3.26. The number of nitrogens with zero attached hydrogens (tertiary/aromatic N) is 1. The van der Waals surface area contributed by atoms with Gasteiger partial charge in [-0.05, 0) is 17.7 Å². The molecule has 0 unspecified atom stereocenters. The predicted molar refractivity (Wildman–Crippen MR) is 66.4 cm³/mol. The third kappa shape index (κ3) is 3.28. The summed E-state index contributed by atoms with van der Waals surface area (Å²) in [6.45, 7) is 4.03. The first-order valence-corrected chi connectivity index (χ1v) is 6.28. The molecular formula is C12H16BrNO2. The Hall–Kier alpha value is -0.420. The van der Waals surface area contributed by atoms with Crippen molar-refractivity contribution in [3.05, 3.63) is 34.3 Å². The number of rotatable bonds is 3. The maximum absolute atomic E-state index is 10.1. The van der Waals surface area contributed by atoms with Crippen LogP contribution in [0.1, 0.15) is 11.7 Å². The van der Waals surface area contributed by atoms with E-state index >= 15 is 0 Å². The molecule has 0 aromatic heterocycles. The van der Waals surface area contributed by atoms with Crippen LogP contribution in [-0.2, 0) is 4.74 Å². The van der Waals surface area contributed by atoms with E-state index < -0.39 is 6.10 Å². The van der Waals surface area contributed by atoms with E-state index in [1.54, 1.807) is 0 Å². The van der Waals surface area contributed by atoms with Gasteiger partial charge in [-0.3, -0.25) is 4.90 Å². The number of β-amino-alcohol motifs (C(OH)–C–C–N with tert-alkyl or cyclic N) is 1. The Balaban J connectivity index is 1.94. The molecule has 1 atom stereocenters. The van der Waals surface area contributed by atoms with Crippen LogP contribution in [0.2, 0.25) is 0 Å². The summed E-state index contributed by atoms with van der Waals surface area (Å²) >= 11 is 3.41. The maximum Gasteiger partial charge on any atom is 0.0917 e. The minimum absolute atomic E-state index is 0.421. The molecule has 1 saturated heterocycles. The Bertz CT molecular complexity index is 340. The number of benzene rings is 1. The summed E-state index contributed by atoms with van der Waals surface area (Å²) in [4.78, 5) is 2.23. The van der Waals surface area contributed by atoms with Crippen molar-refractivity contribution in [1.82, 2.24) is 4.90 Å². The van der Waals surface area contributed by atoms with Crippen LogP contribution in [0.15, 0.2) is 28.7 Å². The van der Waals surface area contributed by atoms with Gasteiger partial charge in [0.05, 0.1) is 19.3 Å². The second-order valence-corrected chi connectivity index (χ2v) is 4.90. The van der Waals surface area contributed by atoms with Crippen molar-refractivity contribution >= 4 is 15.9 Å². The number of aliphatic hydroxyl groups is 1. The molecule has 1 aromatic carbocycles. The summed E-state index contributed by atoms with van der Waals surface area (Å²) in [6.07, 6.45) is -0.421. The van der Waals surface area contributed by atoms with Gasteiger partial charge in [-0.15, -0.1) is 0 Å². The second-order valence-electron chi connectivity index (χ2n) is 3.98. The molecule has 0 aliphatic carbocycles. The number of halogens is 1. The minimum Gasteiger partial charge on any atom is -0.387 e. The number of aliphatic hydroxyl groups excluding tert-OH is 1. The Morgan fingerprint density at radius 1 is 1.38 bits per heavy atom. The van der Waals surface area contributed by atoms with E-state index in [0.717, 1.165) is 36.3 Å². The molecule has 0 spiro atoms. The van der Waals surface area contributed by atoms with E-state index in [4.69, 9.17) is 4.74 Å². The summed E-state index contributed by atoms with van der Waals surface area (Å²) in [5, 5.41) is 10.1. The van der Waals surface area contributed by atoms with Crippen LogP contribution < -0.4 is 0 Å². The number of hydrogen-bond acceptors (Lipinski definition) is 3. The highest BCUT2D eigenvalue weighted by Gasteiger charge is 2.16. The summed E-state index contributed by atoms with van der Waals surface area (Å²) in [5.74, 6) is 0. The summed E-state index contributed by atoms with van der Waals surface area (Å²) < 4.78 is 6.28. The summed E-state index contributed by atoms with van der Waals surface area (Å²) in [6, 6.07) is 7.83. The minimum atomic E-state index is -0.421. The van der Waals surface area contributed by atoms with Crippen LogP contribution in [0.5, 0.6) is 0 Å². The highest BCUT2D eigenvalue weighted by atomic mass is 79.9. The number of hydrogen-bond donors (Lipinski definition) is 1. The van der Waals surface area contributed by atoms with Crippen LogP contribution in [0.4, 0.5) is 0 Å². The number of ether oxygens (including phenoxy) is 1. The van der Waals surface area contributed by atoms with E-state index in [2.05, 4.69) is 20.8 Å². The van der Waals surface area contributed by atoms with Crippen molar-refractivity contribution in [3.63, 3.8) is 0 Å². The van der Waals surface area contributed by atoms with Crippen molar-refractivity contribution in [2.45, 2.75) is 6.10 Å². The zero-order valence-electron chi connectivity index (χ0n) is 9.10. The lowest BCUT2D eigenvalue weighted by atomic mass is 10.1. The average molecular weight is 286 g/mol. The first-order chi connectivity index (χ1) is 7.75. The van der Waals surface area contributed by atoms with Crippen molar-refractivity contribution in [1.29, 1.82) is 0 Å². The van der Waals surface area contributed by atoms with Gasteiger partial charge in [0.25, 0.3) is 0 Å². The molecule has 0 amide bonds. The molecule has 16 heavy (non-hydrogen) atoms.